The maximum absolute atomic E-state index is 12.8. The van der Waals surface area contributed by atoms with Crippen LogP contribution >= 0.6 is 0 Å². The number of hydrogen-bond donors (Lipinski definition) is 3. The molecule has 3 heterocycles. The fourth-order valence-electron chi connectivity index (χ4n) is 3.81. The van der Waals surface area contributed by atoms with Crippen LogP contribution in [0, 0.1) is 12.8 Å². The van der Waals surface area contributed by atoms with Crippen LogP contribution in [-0.2, 0) is 14.4 Å². The van der Waals surface area contributed by atoms with Crippen molar-refractivity contribution in [2.75, 3.05) is 24.1 Å². The molecular weight excluding hydrogens is 334 g/mol. The molecule has 1 unspecified atom stereocenters. The van der Waals surface area contributed by atoms with E-state index in [9.17, 15) is 14.4 Å². The van der Waals surface area contributed by atoms with Gasteiger partial charge >= 0.3 is 11.8 Å². The van der Waals surface area contributed by atoms with Gasteiger partial charge in [0.1, 0.15) is 5.82 Å². The number of amides is 3. The highest BCUT2D eigenvalue weighted by Crippen LogP contribution is 2.29. The molecule has 4 N–H and O–H groups in total. The molecule has 8 heteroatoms. The summed E-state index contributed by atoms with van der Waals surface area (Å²) in [6.07, 6.45) is 5.40. The first-order valence-corrected chi connectivity index (χ1v) is 9.06. The fourth-order valence-corrected chi connectivity index (χ4v) is 3.81. The van der Waals surface area contributed by atoms with E-state index in [0.29, 0.717) is 31.0 Å². The van der Waals surface area contributed by atoms with Crippen LogP contribution in [0.1, 0.15) is 37.7 Å². The second-order valence-electron chi connectivity index (χ2n) is 7.04. The third-order valence-electron chi connectivity index (χ3n) is 5.21. The summed E-state index contributed by atoms with van der Waals surface area (Å²) in [4.78, 5) is 42.6. The number of carbonyl (C=O) groups is 3. The van der Waals surface area contributed by atoms with Crippen LogP contribution < -0.4 is 16.4 Å². The molecule has 8 nitrogen and oxygen atoms in total. The Morgan fingerprint density at radius 2 is 2.15 bits per heavy atom. The van der Waals surface area contributed by atoms with Crippen LogP contribution in [0.3, 0.4) is 0 Å². The van der Waals surface area contributed by atoms with Gasteiger partial charge in [-0.25, -0.2) is 4.98 Å². The predicted octanol–water partition coefficient (Wildman–Crippen LogP) is 0.818. The zero-order valence-electron chi connectivity index (χ0n) is 15.0. The van der Waals surface area contributed by atoms with Gasteiger partial charge in [-0.1, -0.05) is 0 Å². The van der Waals surface area contributed by atoms with Crippen molar-refractivity contribution in [1.29, 1.82) is 0 Å². The molecule has 2 saturated heterocycles. The number of hydrogen-bond acceptors (Lipinski definition) is 5. The molecule has 1 aromatic rings. The van der Waals surface area contributed by atoms with Gasteiger partial charge in [-0.2, -0.15) is 0 Å². The summed E-state index contributed by atoms with van der Waals surface area (Å²) in [5.74, 6) is -0.701. The number of anilines is 2. The van der Waals surface area contributed by atoms with Gasteiger partial charge < -0.3 is 21.3 Å². The Hall–Kier alpha value is -2.64. The minimum Gasteiger partial charge on any atom is -0.383 e. The molecule has 1 aromatic heterocycles. The van der Waals surface area contributed by atoms with E-state index in [-0.39, 0.29) is 17.9 Å². The van der Waals surface area contributed by atoms with E-state index in [4.69, 9.17) is 5.73 Å². The smallest absolute Gasteiger partial charge is 0.313 e. The minimum atomic E-state index is -0.678. The first-order chi connectivity index (χ1) is 12.5. The lowest BCUT2D eigenvalue weighted by atomic mass is 9.84. The van der Waals surface area contributed by atoms with E-state index in [1.165, 1.54) is 6.20 Å². The number of pyridine rings is 1. The molecule has 3 amide bonds. The summed E-state index contributed by atoms with van der Waals surface area (Å²) >= 11 is 0. The third kappa shape index (κ3) is 3.95. The second-order valence-corrected chi connectivity index (χ2v) is 7.04. The van der Waals surface area contributed by atoms with Gasteiger partial charge in [0.15, 0.2) is 0 Å². The van der Waals surface area contributed by atoms with Crippen molar-refractivity contribution in [3.63, 3.8) is 0 Å². The third-order valence-corrected chi connectivity index (χ3v) is 5.21. The standard InChI is InChI=1S/C18H25N5O3/c1-11-8-13(10-21-16(11)19)22-17(25)18(26)23-7-3-2-4-14(23)12-5-6-20-15(24)9-12/h8,10,12,14H,2-7,9H2,1H3,(H2,19,21)(H,20,24)(H,22,25)/t12?,14-/m0/s1. The van der Waals surface area contributed by atoms with Crippen LogP contribution in [0.5, 0.6) is 0 Å². The number of nitrogen functional groups attached to an aromatic ring is 1. The second kappa shape index (κ2) is 7.72. The first-order valence-electron chi connectivity index (χ1n) is 9.06. The summed E-state index contributed by atoms with van der Waals surface area (Å²) in [7, 11) is 0. The highest BCUT2D eigenvalue weighted by Gasteiger charge is 2.37. The maximum Gasteiger partial charge on any atom is 0.313 e. The lowest BCUT2D eigenvalue weighted by molar-refractivity contribution is -0.147. The Bertz CT molecular complexity index is 721. The summed E-state index contributed by atoms with van der Waals surface area (Å²) in [6.45, 7) is 2.97. The van der Waals surface area contributed by atoms with Gasteiger partial charge in [0, 0.05) is 25.6 Å². The molecule has 2 aliphatic rings. The number of nitrogens with two attached hydrogens (primary N) is 1. The molecule has 0 aliphatic carbocycles. The van der Waals surface area contributed by atoms with Gasteiger partial charge in [-0.05, 0) is 50.2 Å². The Balaban J connectivity index is 1.70. The summed E-state index contributed by atoms with van der Waals surface area (Å²) < 4.78 is 0. The largest absolute Gasteiger partial charge is 0.383 e. The SMILES string of the molecule is Cc1cc(NC(=O)C(=O)N2CCCC[C@H]2C2CCNC(=O)C2)cnc1N. The Morgan fingerprint density at radius 1 is 1.35 bits per heavy atom. The van der Waals surface area contributed by atoms with Crippen molar-refractivity contribution in [3.8, 4) is 0 Å². The lowest BCUT2D eigenvalue weighted by Crippen LogP contribution is -2.53. The molecule has 0 bridgehead atoms. The highest BCUT2D eigenvalue weighted by atomic mass is 16.2. The maximum atomic E-state index is 12.8. The number of nitrogens with one attached hydrogen (secondary N) is 2. The van der Waals surface area contributed by atoms with E-state index < -0.39 is 11.8 Å². The molecule has 2 atom stereocenters. The van der Waals surface area contributed by atoms with Crippen molar-refractivity contribution in [2.45, 2.75) is 45.1 Å². The number of rotatable bonds is 2. The van der Waals surface area contributed by atoms with Crippen LogP contribution in [0.2, 0.25) is 0 Å². The van der Waals surface area contributed by atoms with Crippen molar-refractivity contribution in [1.82, 2.24) is 15.2 Å². The molecule has 2 fully saturated rings. The zero-order chi connectivity index (χ0) is 18.7. The van der Waals surface area contributed by atoms with E-state index >= 15 is 0 Å². The van der Waals surface area contributed by atoms with Gasteiger partial charge in [-0.3, -0.25) is 14.4 Å². The van der Waals surface area contributed by atoms with E-state index in [1.807, 2.05) is 0 Å². The van der Waals surface area contributed by atoms with Crippen molar-refractivity contribution >= 4 is 29.2 Å². The molecule has 3 rings (SSSR count). The molecule has 0 saturated carbocycles. The fraction of sp³-hybridized carbons (Fsp3) is 0.556. The van der Waals surface area contributed by atoms with E-state index in [2.05, 4.69) is 15.6 Å². The number of piperidine rings is 2. The van der Waals surface area contributed by atoms with Gasteiger partial charge in [0.05, 0.1) is 11.9 Å². The quantitative estimate of drug-likeness (QED) is 0.676. The molecule has 26 heavy (non-hydrogen) atoms. The molecule has 0 spiro atoms. The topological polar surface area (TPSA) is 117 Å². The first kappa shape index (κ1) is 18.2. The summed E-state index contributed by atoms with van der Waals surface area (Å²) in [5, 5.41) is 5.43. The van der Waals surface area contributed by atoms with Crippen LogP contribution in [0.15, 0.2) is 12.3 Å². The van der Waals surface area contributed by atoms with Crippen molar-refractivity contribution in [3.05, 3.63) is 17.8 Å². The Labute approximate surface area is 152 Å². The van der Waals surface area contributed by atoms with E-state index in [1.54, 1.807) is 17.9 Å². The summed E-state index contributed by atoms with van der Waals surface area (Å²) in [6, 6.07) is 1.63. The number of aryl methyl sites for hydroxylation is 1. The lowest BCUT2D eigenvalue weighted by Gasteiger charge is -2.41. The number of carbonyl (C=O) groups excluding carboxylic acids is 3. The monoisotopic (exact) mass is 359 g/mol. The molecule has 0 aromatic carbocycles. The van der Waals surface area contributed by atoms with E-state index in [0.717, 1.165) is 31.2 Å². The molecule has 140 valence electrons. The van der Waals surface area contributed by atoms with Gasteiger partial charge in [-0.15, -0.1) is 0 Å². The number of likely N-dealkylation sites (tertiary alicyclic amines) is 1. The van der Waals surface area contributed by atoms with Gasteiger partial charge in [0.25, 0.3) is 0 Å². The highest BCUT2D eigenvalue weighted by molar-refractivity contribution is 6.39. The van der Waals surface area contributed by atoms with Crippen LogP contribution in [0.25, 0.3) is 0 Å². The average Bonchev–Trinajstić information content (AvgIpc) is 2.64. The van der Waals surface area contributed by atoms with Crippen molar-refractivity contribution < 1.29 is 14.4 Å². The van der Waals surface area contributed by atoms with Crippen LogP contribution in [0.4, 0.5) is 11.5 Å². The molecule has 2 aliphatic heterocycles. The minimum absolute atomic E-state index is 0.0205. The predicted molar refractivity (Wildman–Crippen MR) is 97.1 cm³/mol. The molecular formula is C18H25N5O3. The Kier molecular flexibility index (Phi) is 5.39. The number of aromatic nitrogens is 1. The molecule has 0 radical (unpaired) electrons. The summed E-state index contributed by atoms with van der Waals surface area (Å²) in [5.41, 5.74) is 6.86. The average molecular weight is 359 g/mol. The van der Waals surface area contributed by atoms with Crippen molar-refractivity contribution in [2.24, 2.45) is 5.92 Å². The Morgan fingerprint density at radius 3 is 2.88 bits per heavy atom. The number of nitrogens with zero attached hydrogens (tertiary/aromatic N) is 2. The van der Waals surface area contributed by atoms with Crippen LogP contribution in [-0.4, -0.2) is 46.7 Å². The van der Waals surface area contributed by atoms with Gasteiger partial charge in [0.2, 0.25) is 5.91 Å². The normalized spacial score (nSPS) is 23.3. The zero-order valence-corrected chi connectivity index (χ0v) is 15.0.